The van der Waals surface area contributed by atoms with Crippen LogP contribution >= 0.6 is 27.5 Å². The molecule has 0 amide bonds. The van der Waals surface area contributed by atoms with Gasteiger partial charge in [0.15, 0.2) is 0 Å². The number of hydrogen-bond acceptors (Lipinski definition) is 1. The molecule has 112 valence electrons. The van der Waals surface area contributed by atoms with Gasteiger partial charge >= 0.3 is 0 Å². The summed E-state index contributed by atoms with van der Waals surface area (Å²) in [4.78, 5) is 0. The second kappa shape index (κ2) is 6.51. The lowest BCUT2D eigenvalue weighted by atomic mass is 9.82. The van der Waals surface area contributed by atoms with Gasteiger partial charge in [0.05, 0.1) is 5.02 Å². The van der Waals surface area contributed by atoms with Gasteiger partial charge in [-0.3, -0.25) is 0 Å². The molecule has 2 aromatic rings. The first-order valence-electron chi connectivity index (χ1n) is 7.08. The van der Waals surface area contributed by atoms with E-state index in [0.29, 0.717) is 5.02 Å². The third-order valence-corrected chi connectivity index (χ3v) is 5.37. The smallest absolute Gasteiger partial charge is 0.104 e. The van der Waals surface area contributed by atoms with Gasteiger partial charge in [0.2, 0.25) is 0 Å². The van der Waals surface area contributed by atoms with E-state index >= 15 is 0 Å². The van der Waals surface area contributed by atoms with Crippen LogP contribution in [0.5, 0.6) is 0 Å². The monoisotopic (exact) mass is 366 g/mol. The second-order valence-corrected chi connectivity index (χ2v) is 7.20. The van der Waals surface area contributed by atoms with Gasteiger partial charge in [-0.1, -0.05) is 62.7 Å². The Balaban J connectivity index is 2.27. The van der Waals surface area contributed by atoms with Crippen molar-refractivity contribution < 1.29 is 5.11 Å². The van der Waals surface area contributed by atoms with Crippen molar-refractivity contribution in [2.75, 3.05) is 0 Å². The minimum Gasteiger partial charge on any atom is -0.384 e. The third-order valence-electron chi connectivity index (χ3n) is 4.15. The van der Waals surface area contributed by atoms with Gasteiger partial charge in [0, 0.05) is 4.47 Å². The van der Waals surface area contributed by atoms with Gasteiger partial charge in [-0.05, 0) is 56.6 Å². The fourth-order valence-corrected chi connectivity index (χ4v) is 2.71. The summed E-state index contributed by atoms with van der Waals surface area (Å²) in [5.41, 5.74) is 3.17. The standard InChI is InChI=1S/C18H20BrClO/c1-4-18(2,3)14-8-5-12(6-9-14)17(21)13-7-10-16(20)15(19)11-13/h5-11,17,21H,4H2,1-3H3. The Morgan fingerprint density at radius 2 is 1.67 bits per heavy atom. The van der Waals surface area contributed by atoms with Crippen LogP contribution in [0.4, 0.5) is 0 Å². The van der Waals surface area contributed by atoms with Crippen LogP contribution in [0.25, 0.3) is 0 Å². The summed E-state index contributed by atoms with van der Waals surface area (Å²) in [5.74, 6) is 0. The minimum absolute atomic E-state index is 0.160. The number of aliphatic hydroxyl groups excluding tert-OH is 1. The lowest BCUT2D eigenvalue weighted by molar-refractivity contribution is 0.220. The van der Waals surface area contributed by atoms with E-state index in [9.17, 15) is 5.11 Å². The second-order valence-electron chi connectivity index (χ2n) is 5.94. The molecular formula is C18H20BrClO. The highest BCUT2D eigenvalue weighted by Gasteiger charge is 2.19. The lowest BCUT2D eigenvalue weighted by Crippen LogP contribution is -2.15. The van der Waals surface area contributed by atoms with E-state index in [1.165, 1.54) is 5.56 Å². The molecule has 0 aliphatic heterocycles. The molecule has 1 atom stereocenters. The molecule has 3 heteroatoms. The van der Waals surface area contributed by atoms with E-state index in [1.54, 1.807) is 6.07 Å². The van der Waals surface area contributed by atoms with Crippen LogP contribution in [0.15, 0.2) is 46.9 Å². The number of aliphatic hydroxyl groups is 1. The number of halogens is 2. The van der Waals surface area contributed by atoms with Crippen LogP contribution in [-0.2, 0) is 5.41 Å². The average Bonchev–Trinajstić information content (AvgIpc) is 2.49. The maximum Gasteiger partial charge on any atom is 0.104 e. The van der Waals surface area contributed by atoms with E-state index in [1.807, 2.05) is 24.3 Å². The predicted octanol–water partition coefficient (Wildman–Crippen LogP) is 5.87. The van der Waals surface area contributed by atoms with Gasteiger partial charge < -0.3 is 5.11 Å². The minimum atomic E-state index is -0.641. The van der Waals surface area contributed by atoms with E-state index in [4.69, 9.17) is 11.6 Å². The SMILES string of the molecule is CCC(C)(C)c1ccc(C(O)c2ccc(Cl)c(Br)c2)cc1. The van der Waals surface area contributed by atoms with Gasteiger partial charge in [-0.15, -0.1) is 0 Å². The molecule has 0 radical (unpaired) electrons. The maximum absolute atomic E-state index is 10.5. The highest BCUT2D eigenvalue weighted by molar-refractivity contribution is 9.10. The molecule has 1 nitrogen and oxygen atoms in total. The zero-order valence-corrected chi connectivity index (χ0v) is 14.9. The molecule has 1 N–H and O–H groups in total. The van der Waals surface area contributed by atoms with Gasteiger partial charge in [0.1, 0.15) is 6.10 Å². The van der Waals surface area contributed by atoms with E-state index in [-0.39, 0.29) is 5.41 Å². The Morgan fingerprint density at radius 3 is 2.19 bits per heavy atom. The Bertz CT molecular complexity index is 620. The molecule has 0 saturated heterocycles. The quantitative estimate of drug-likeness (QED) is 0.716. The fourth-order valence-electron chi connectivity index (χ4n) is 2.20. The largest absolute Gasteiger partial charge is 0.384 e. The van der Waals surface area contributed by atoms with E-state index < -0.39 is 6.10 Å². The predicted molar refractivity (Wildman–Crippen MR) is 93.0 cm³/mol. The summed E-state index contributed by atoms with van der Waals surface area (Å²) in [6.07, 6.45) is 0.441. The van der Waals surface area contributed by atoms with Crippen LogP contribution in [0, 0.1) is 0 Å². The molecule has 0 heterocycles. The van der Waals surface area contributed by atoms with Crippen molar-refractivity contribution in [1.29, 1.82) is 0 Å². The molecular weight excluding hydrogens is 348 g/mol. The average molecular weight is 368 g/mol. The number of benzene rings is 2. The zero-order valence-electron chi connectivity index (χ0n) is 12.5. The first-order valence-corrected chi connectivity index (χ1v) is 8.25. The van der Waals surface area contributed by atoms with Crippen molar-refractivity contribution in [2.45, 2.75) is 38.7 Å². The van der Waals surface area contributed by atoms with Gasteiger partial charge in [0.25, 0.3) is 0 Å². The molecule has 0 bridgehead atoms. The molecule has 2 aromatic carbocycles. The van der Waals surface area contributed by atoms with Gasteiger partial charge in [-0.25, -0.2) is 0 Å². The summed E-state index contributed by atoms with van der Waals surface area (Å²) in [6, 6.07) is 13.7. The van der Waals surface area contributed by atoms with E-state index in [2.05, 4.69) is 48.8 Å². The Morgan fingerprint density at radius 1 is 1.10 bits per heavy atom. The highest BCUT2D eigenvalue weighted by atomic mass is 79.9. The van der Waals surface area contributed by atoms with Crippen LogP contribution in [0.2, 0.25) is 5.02 Å². The number of rotatable bonds is 4. The summed E-state index contributed by atoms with van der Waals surface area (Å²) in [7, 11) is 0. The molecule has 2 rings (SSSR count). The van der Waals surface area contributed by atoms with Crippen molar-refractivity contribution in [1.82, 2.24) is 0 Å². The molecule has 0 aromatic heterocycles. The molecule has 0 aliphatic rings. The summed E-state index contributed by atoms with van der Waals surface area (Å²) in [5, 5.41) is 11.1. The van der Waals surface area contributed by atoms with Crippen molar-refractivity contribution >= 4 is 27.5 Å². The molecule has 21 heavy (non-hydrogen) atoms. The molecule has 0 aliphatic carbocycles. The van der Waals surface area contributed by atoms with Crippen molar-refractivity contribution in [3.63, 3.8) is 0 Å². The molecule has 0 fully saturated rings. The lowest BCUT2D eigenvalue weighted by Gasteiger charge is -2.24. The van der Waals surface area contributed by atoms with E-state index in [0.717, 1.165) is 22.0 Å². The third kappa shape index (κ3) is 3.68. The Hall–Kier alpha value is -0.830. The van der Waals surface area contributed by atoms with Gasteiger partial charge in [-0.2, -0.15) is 0 Å². The summed E-state index contributed by atoms with van der Waals surface area (Å²) >= 11 is 9.38. The van der Waals surface area contributed by atoms with Crippen LogP contribution in [0.1, 0.15) is 50.0 Å². The Kier molecular flexibility index (Phi) is 5.13. The van der Waals surface area contributed by atoms with Crippen LogP contribution < -0.4 is 0 Å². The van der Waals surface area contributed by atoms with Crippen molar-refractivity contribution in [3.8, 4) is 0 Å². The molecule has 0 spiro atoms. The fraction of sp³-hybridized carbons (Fsp3) is 0.333. The normalized spacial score (nSPS) is 13.2. The summed E-state index contributed by atoms with van der Waals surface area (Å²) < 4.78 is 0.796. The topological polar surface area (TPSA) is 20.2 Å². The van der Waals surface area contributed by atoms with Crippen molar-refractivity contribution in [3.05, 3.63) is 68.7 Å². The first-order chi connectivity index (χ1) is 9.85. The zero-order chi connectivity index (χ0) is 15.6. The Labute approximate surface area is 140 Å². The molecule has 0 saturated carbocycles. The summed E-state index contributed by atoms with van der Waals surface area (Å²) in [6.45, 7) is 6.65. The highest BCUT2D eigenvalue weighted by Crippen LogP contribution is 2.31. The van der Waals surface area contributed by atoms with Crippen molar-refractivity contribution in [2.24, 2.45) is 0 Å². The van der Waals surface area contributed by atoms with Crippen LogP contribution in [0.3, 0.4) is 0 Å². The number of hydrogen-bond donors (Lipinski definition) is 1. The first kappa shape index (κ1) is 16.5. The maximum atomic E-state index is 10.5. The van der Waals surface area contributed by atoms with Crippen LogP contribution in [-0.4, -0.2) is 5.11 Å². The molecule has 1 unspecified atom stereocenters.